The van der Waals surface area contributed by atoms with Crippen LogP contribution in [-0.4, -0.2) is 50.0 Å². The van der Waals surface area contributed by atoms with Crippen LogP contribution in [0.2, 0.25) is 0 Å². The SMILES string of the molecule is COCCN(C)CC1C(C)CC(C)CC1O. The molecule has 0 aromatic rings. The average Bonchev–Trinajstić information content (AvgIpc) is 2.20. The normalized spacial score (nSPS) is 35.6. The Labute approximate surface area is 99.8 Å². The van der Waals surface area contributed by atoms with E-state index in [4.69, 9.17) is 4.74 Å². The third kappa shape index (κ3) is 4.04. The summed E-state index contributed by atoms with van der Waals surface area (Å²) in [4.78, 5) is 2.27. The summed E-state index contributed by atoms with van der Waals surface area (Å²) in [5.74, 6) is 1.73. The van der Waals surface area contributed by atoms with Crippen molar-refractivity contribution in [1.82, 2.24) is 4.90 Å². The molecule has 1 N–H and O–H groups in total. The third-order valence-corrected chi connectivity index (χ3v) is 3.84. The van der Waals surface area contributed by atoms with Gasteiger partial charge in [-0.25, -0.2) is 0 Å². The van der Waals surface area contributed by atoms with E-state index in [1.54, 1.807) is 7.11 Å². The highest BCUT2D eigenvalue weighted by Gasteiger charge is 2.33. The summed E-state index contributed by atoms with van der Waals surface area (Å²) in [7, 11) is 3.84. The van der Waals surface area contributed by atoms with Gasteiger partial charge in [0.1, 0.15) is 0 Å². The molecule has 16 heavy (non-hydrogen) atoms. The van der Waals surface area contributed by atoms with Crippen molar-refractivity contribution in [2.24, 2.45) is 17.8 Å². The fourth-order valence-corrected chi connectivity index (χ4v) is 2.87. The molecule has 0 aromatic carbocycles. The van der Waals surface area contributed by atoms with E-state index in [9.17, 15) is 5.11 Å². The Morgan fingerprint density at radius 3 is 2.56 bits per heavy atom. The second-order valence-corrected chi connectivity index (χ2v) is 5.54. The first-order chi connectivity index (χ1) is 7.54. The molecule has 0 aromatic heterocycles. The van der Waals surface area contributed by atoms with E-state index in [0.717, 1.165) is 26.1 Å². The van der Waals surface area contributed by atoms with Crippen molar-refractivity contribution in [3.05, 3.63) is 0 Å². The quantitative estimate of drug-likeness (QED) is 0.777. The van der Waals surface area contributed by atoms with Gasteiger partial charge in [0, 0.05) is 26.1 Å². The van der Waals surface area contributed by atoms with Crippen molar-refractivity contribution >= 4 is 0 Å². The molecule has 0 bridgehead atoms. The Morgan fingerprint density at radius 2 is 2.00 bits per heavy atom. The molecule has 0 radical (unpaired) electrons. The van der Waals surface area contributed by atoms with Crippen LogP contribution in [0.3, 0.4) is 0 Å². The lowest BCUT2D eigenvalue weighted by atomic mass is 9.73. The van der Waals surface area contributed by atoms with Gasteiger partial charge < -0.3 is 14.7 Å². The number of rotatable bonds is 5. The van der Waals surface area contributed by atoms with Crippen LogP contribution >= 0.6 is 0 Å². The zero-order valence-electron chi connectivity index (χ0n) is 11.1. The minimum Gasteiger partial charge on any atom is -0.393 e. The predicted octanol–water partition coefficient (Wildman–Crippen LogP) is 1.61. The van der Waals surface area contributed by atoms with Crippen LogP contribution in [0.4, 0.5) is 0 Å². The molecular weight excluding hydrogens is 202 g/mol. The molecule has 3 nitrogen and oxygen atoms in total. The van der Waals surface area contributed by atoms with Crippen LogP contribution in [-0.2, 0) is 4.74 Å². The molecule has 4 unspecified atom stereocenters. The largest absolute Gasteiger partial charge is 0.393 e. The summed E-state index contributed by atoms with van der Waals surface area (Å²) in [6, 6.07) is 0. The van der Waals surface area contributed by atoms with Gasteiger partial charge in [0.2, 0.25) is 0 Å². The number of aliphatic hydroxyl groups is 1. The van der Waals surface area contributed by atoms with Crippen molar-refractivity contribution in [3.63, 3.8) is 0 Å². The lowest BCUT2D eigenvalue weighted by molar-refractivity contribution is -0.000971. The van der Waals surface area contributed by atoms with Crippen LogP contribution in [0.15, 0.2) is 0 Å². The van der Waals surface area contributed by atoms with Crippen molar-refractivity contribution in [3.8, 4) is 0 Å². The van der Waals surface area contributed by atoms with Crippen LogP contribution in [0.25, 0.3) is 0 Å². The number of nitrogens with zero attached hydrogens (tertiary/aromatic N) is 1. The predicted molar refractivity (Wildman–Crippen MR) is 66.4 cm³/mol. The molecule has 3 heteroatoms. The first kappa shape index (κ1) is 13.9. The average molecular weight is 229 g/mol. The van der Waals surface area contributed by atoms with E-state index in [1.165, 1.54) is 6.42 Å². The standard InChI is InChI=1S/C13H27NO2/c1-10-7-11(2)12(13(15)8-10)9-14(3)5-6-16-4/h10-13,15H,5-9H2,1-4H3. The molecule has 1 rings (SSSR count). The van der Waals surface area contributed by atoms with Gasteiger partial charge in [-0.2, -0.15) is 0 Å². The second kappa shape index (κ2) is 6.58. The summed E-state index contributed by atoms with van der Waals surface area (Å²) in [6.07, 6.45) is 2.09. The number of aliphatic hydroxyl groups excluding tert-OH is 1. The van der Waals surface area contributed by atoms with E-state index in [0.29, 0.717) is 17.8 Å². The van der Waals surface area contributed by atoms with Gasteiger partial charge in [-0.3, -0.25) is 0 Å². The minimum absolute atomic E-state index is 0.122. The van der Waals surface area contributed by atoms with Crippen LogP contribution in [0, 0.1) is 17.8 Å². The molecule has 96 valence electrons. The smallest absolute Gasteiger partial charge is 0.0589 e. The summed E-state index contributed by atoms with van der Waals surface area (Å²) >= 11 is 0. The third-order valence-electron chi connectivity index (χ3n) is 3.84. The Bertz CT molecular complexity index is 186. The molecule has 0 heterocycles. The zero-order chi connectivity index (χ0) is 12.1. The Balaban J connectivity index is 2.39. The molecule has 0 aliphatic heterocycles. The van der Waals surface area contributed by atoms with Gasteiger partial charge in [-0.15, -0.1) is 0 Å². The monoisotopic (exact) mass is 229 g/mol. The van der Waals surface area contributed by atoms with E-state index in [-0.39, 0.29) is 6.10 Å². The van der Waals surface area contributed by atoms with Crippen molar-refractivity contribution in [2.75, 3.05) is 33.9 Å². The summed E-state index contributed by atoms with van der Waals surface area (Å²) < 4.78 is 5.07. The van der Waals surface area contributed by atoms with Gasteiger partial charge in [-0.05, 0) is 31.7 Å². The fourth-order valence-electron chi connectivity index (χ4n) is 2.87. The lowest BCUT2D eigenvalue weighted by Crippen LogP contribution is -2.42. The van der Waals surface area contributed by atoms with E-state index >= 15 is 0 Å². The molecule has 1 aliphatic carbocycles. The molecule has 1 aliphatic rings. The molecule has 0 spiro atoms. The molecule has 0 saturated heterocycles. The van der Waals surface area contributed by atoms with E-state index in [2.05, 4.69) is 25.8 Å². The maximum absolute atomic E-state index is 10.1. The Morgan fingerprint density at radius 1 is 1.31 bits per heavy atom. The number of hydrogen-bond donors (Lipinski definition) is 1. The Hall–Kier alpha value is -0.120. The summed E-state index contributed by atoms with van der Waals surface area (Å²) in [5.41, 5.74) is 0. The lowest BCUT2D eigenvalue weighted by Gasteiger charge is -2.38. The fraction of sp³-hybridized carbons (Fsp3) is 1.00. The van der Waals surface area contributed by atoms with Gasteiger partial charge in [-0.1, -0.05) is 13.8 Å². The highest BCUT2D eigenvalue weighted by Crippen LogP contribution is 2.33. The number of ether oxygens (including phenoxy) is 1. The highest BCUT2D eigenvalue weighted by molar-refractivity contribution is 4.84. The zero-order valence-corrected chi connectivity index (χ0v) is 11.1. The van der Waals surface area contributed by atoms with E-state index in [1.807, 2.05) is 0 Å². The first-order valence-corrected chi connectivity index (χ1v) is 6.40. The highest BCUT2D eigenvalue weighted by atomic mass is 16.5. The molecule has 4 atom stereocenters. The van der Waals surface area contributed by atoms with Gasteiger partial charge in [0.25, 0.3) is 0 Å². The van der Waals surface area contributed by atoms with Crippen molar-refractivity contribution in [1.29, 1.82) is 0 Å². The Kier molecular flexibility index (Phi) is 5.73. The topological polar surface area (TPSA) is 32.7 Å². The van der Waals surface area contributed by atoms with Crippen molar-refractivity contribution < 1.29 is 9.84 Å². The van der Waals surface area contributed by atoms with Crippen LogP contribution in [0.5, 0.6) is 0 Å². The van der Waals surface area contributed by atoms with Gasteiger partial charge in [0.05, 0.1) is 12.7 Å². The van der Waals surface area contributed by atoms with Gasteiger partial charge in [0.15, 0.2) is 0 Å². The molecule has 1 fully saturated rings. The maximum atomic E-state index is 10.1. The number of likely N-dealkylation sites (N-methyl/N-ethyl adjacent to an activating group) is 1. The second-order valence-electron chi connectivity index (χ2n) is 5.54. The van der Waals surface area contributed by atoms with Crippen LogP contribution < -0.4 is 0 Å². The maximum Gasteiger partial charge on any atom is 0.0589 e. The summed E-state index contributed by atoms with van der Waals surface area (Å²) in [5, 5.41) is 10.1. The van der Waals surface area contributed by atoms with E-state index < -0.39 is 0 Å². The van der Waals surface area contributed by atoms with Crippen molar-refractivity contribution in [2.45, 2.75) is 32.8 Å². The molecule has 1 saturated carbocycles. The van der Waals surface area contributed by atoms with Gasteiger partial charge >= 0.3 is 0 Å². The minimum atomic E-state index is -0.122. The number of methoxy groups -OCH3 is 1. The summed E-state index contributed by atoms with van der Waals surface area (Å²) in [6.45, 7) is 7.21. The number of hydrogen-bond acceptors (Lipinski definition) is 3. The van der Waals surface area contributed by atoms with Crippen LogP contribution in [0.1, 0.15) is 26.7 Å². The first-order valence-electron chi connectivity index (χ1n) is 6.40. The molecule has 0 amide bonds. The molecular formula is C13H27NO2.